The fourth-order valence-corrected chi connectivity index (χ4v) is 3.96. The van der Waals surface area contributed by atoms with Crippen molar-refractivity contribution in [2.45, 2.75) is 39.7 Å². The van der Waals surface area contributed by atoms with Crippen LogP contribution in [0.1, 0.15) is 37.3 Å². The Kier molecular flexibility index (Phi) is 8.26. The van der Waals surface area contributed by atoms with Gasteiger partial charge in [0.2, 0.25) is 15.9 Å². The highest BCUT2D eigenvalue weighted by Gasteiger charge is 2.20. The molecule has 0 radical (unpaired) electrons. The molecule has 0 aliphatic carbocycles. The fourth-order valence-electron chi connectivity index (χ4n) is 3.22. The molecule has 1 aromatic rings. The normalized spacial score (nSPS) is 16.6. The third-order valence-corrected chi connectivity index (χ3v) is 6.31. The van der Waals surface area contributed by atoms with Crippen LogP contribution < -0.4 is 5.32 Å². The van der Waals surface area contributed by atoms with E-state index in [1.54, 1.807) is 0 Å². The van der Waals surface area contributed by atoms with Crippen LogP contribution in [0.5, 0.6) is 0 Å². The van der Waals surface area contributed by atoms with Gasteiger partial charge in [-0.05, 0) is 57.3 Å². The number of benzene rings is 1. The van der Waals surface area contributed by atoms with Gasteiger partial charge in [0, 0.05) is 13.1 Å². The Morgan fingerprint density at radius 2 is 1.85 bits per heavy atom. The number of sulfonamides is 1. The molecule has 1 N–H and O–H groups in total. The summed E-state index contributed by atoms with van der Waals surface area (Å²) in [6.45, 7) is 8.16. The van der Waals surface area contributed by atoms with E-state index in [1.807, 2.05) is 31.2 Å². The second-order valence-electron chi connectivity index (χ2n) is 7.74. The number of aryl methyl sites for hydroxylation is 1. The number of carbonyl (C=O) groups excluding carboxylic acids is 1. The summed E-state index contributed by atoms with van der Waals surface area (Å²) in [7, 11) is -3.46. The van der Waals surface area contributed by atoms with Crippen LogP contribution in [0.4, 0.5) is 0 Å². The van der Waals surface area contributed by atoms with Crippen LogP contribution in [0.2, 0.25) is 0 Å². The quantitative estimate of drug-likeness (QED) is 0.649. The van der Waals surface area contributed by atoms with Crippen LogP contribution in [0.3, 0.4) is 0 Å². The first-order chi connectivity index (χ1) is 12.7. The molecule has 0 aromatic heterocycles. The standard InChI is InChI=1S/C20H33N3O3S/c1-17-5-7-19(8-6-17)15-23(27(3,25)26)16-20(24)21-11-4-12-22-13-9-18(2)10-14-22/h5-8,18H,4,9-16H2,1-3H3,(H,21,24). The lowest BCUT2D eigenvalue weighted by Gasteiger charge is -2.30. The van der Waals surface area contributed by atoms with Crippen LogP contribution in [0, 0.1) is 12.8 Å². The zero-order valence-electron chi connectivity index (χ0n) is 16.8. The van der Waals surface area contributed by atoms with Crippen molar-refractivity contribution in [3.05, 3.63) is 35.4 Å². The van der Waals surface area contributed by atoms with Gasteiger partial charge in [-0.15, -0.1) is 0 Å². The third kappa shape index (κ3) is 7.99. The first-order valence-corrected chi connectivity index (χ1v) is 11.6. The number of nitrogens with zero attached hydrogens (tertiary/aromatic N) is 2. The smallest absolute Gasteiger partial charge is 0.235 e. The zero-order chi connectivity index (χ0) is 19.9. The molecule has 27 heavy (non-hydrogen) atoms. The summed E-state index contributed by atoms with van der Waals surface area (Å²) < 4.78 is 25.3. The van der Waals surface area contributed by atoms with Crippen LogP contribution in [-0.4, -0.2) is 62.5 Å². The molecule has 7 heteroatoms. The summed E-state index contributed by atoms with van der Waals surface area (Å²) in [5, 5.41) is 2.86. The number of hydrogen-bond donors (Lipinski definition) is 1. The number of nitrogens with one attached hydrogen (secondary N) is 1. The maximum absolute atomic E-state index is 12.2. The highest BCUT2D eigenvalue weighted by Crippen LogP contribution is 2.15. The summed E-state index contributed by atoms with van der Waals surface area (Å²) in [5.41, 5.74) is 1.99. The van der Waals surface area contributed by atoms with Gasteiger partial charge >= 0.3 is 0 Å². The van der Waals surface area contributed by atoms with Crippen LogP contribution in [0.15, 0.2) is 24.3 Å². The van der Waals surface area contributed by atoms with Gasteiger partial charge in [0.25, 0.3) is 0 Å². The SMILES string of the molecule is Cc1ccc(CN(CC(=O)NCCCN2CCC(C)CC2)S(C)(=O)=O)cc1. The highest BCUT2D eigenvalue weighted by molar-refractivity contribution is 7.88. The summed E-state index contributed by atoms with van der Waals surface area (Å²) in [4.78, 5) is 14.6. The monoisotopic (exact) mass is 395 g/mol. The third-order valence-electron chi connectivity index (χ3n) is 5.12. The van der Waals surface area contributed by atoms with Gasteiger partial charge < -0.3 is 10.2 Å². The number of piperidine rings is 1. The fraction of sp³-hybridized carbons (Fsp3) is 0.650. The van der Waals surface area contributed by atoms with Crippen molar-refractivity contribution in [2.24, 2.45) is 5.92 Å². The van der Waals surface area contributed by atoms with Crippen LogP contribution >= 0.6 is 0 Å². The number of hydrogen-bond acceptors (Lipinski definition) is 4. The molecule has 1 aliphatic heterocycles. The predicted molar refractivity (Wildman–Crippen MR) is 109 cm³/mol. The molecule has 152 valence electrons. The van der Waals surface area contributed by atoms with Crippen LogP contribution in [0.25, 0.3) is 0 Å². The Bertz CT molecular complexity index is 696. The molecule has 0 unspecified atom stereocenters. The minimum Gasteiger partial charge on any atom is -0.355 e. The average Bonchev–Trinajstić information content (AvgIpc) is 2.61. The van der Waals surface area contributed by atoms with E-state index in [1.165, 1.54) is 17.1 Å². The number of likely N-dealkylation sites (tertiary alicyclic amines) is 1. The first-order valence-electron chi connectivity index (χ1n) is 9.74. The number of rotatable bonds is 9. The van der Waals surface area contributed by atoms with E-state index >= 15 is 0 Å². The van der Waals surface area contributed by atoms with E-state index in [2.05, 4.69) is 17.1 Å². The molecule has 0 atom stereocenters. The van der Waals surface area contributed by atoms with E-state index in [4.69, 9.17) is 0 Å². The zero-order valence-corrected chi connectivity index (χ0v) is 17.6. The van der Waals surface area contributed by atoms with Crippen molar-refractivity contribution < 1.29 is 13.2 Å². The Balaban J connectivity index is 1.75. The molecule has 1 saturated heterocycles. The second kappa shape index (κ2) is 10.2. The first kappa shape index (κ1) is 21.9. The Hall–Kier alpha value is -1.44. The summed E-state index contributed by atoms with van der Waals surface area (Å²) in [6, 6.07) is 7.67. The Morgan fingerprint density at radius 1 is 1.22 bits per heavy atom. The van der Waals surface area contributed by atoms with Crippen molar-refractivity contribution >= 4 is 15.9 Å². The molecule has 0 bridgehead atoms. The second-order valence-corrected chi connectivity index (χ2v) is 9.73. The lowest BCUT2D eigenvalue weighted by Crippen LogP contribution is -2.41. The number of amides is 1. The number of carbonyl (C=O) groups is 1. The summed E-state index contributed by atoms with van der Waals surface area (Å²) in [5.74, 6) is 0.566. The maximum Gasteiger partial charge on any atom is 0.235 e. The van der Waals surface area contributed by atoms with Gasteiger partial charge in [0.05, 0.1) is 12.8 Å². The molecule has 1 aliphatic rings. The van der Waals surface area contributed by atoms with Gasteiger partial charge in [-0.25, -0.2) is 8.42 Å². The molecule has 0 saturated carbocycles. The van der Waals surface area contributed by atoms with Gasteiger partial charge in [0.15, 0.2) is 0 Å². The molecule has 0 spiro atoms. The van der Waals surface area contributed by atoms with Gasteiger partial charge in [0.1, 0.15) is 0 Å². The maximum atomic E-state index is 12.2. The molecule has 1 amide bonds. The van der Waals surface area contributed by atoms with Crippen molar-refractivity contribution in [1.82, 2.24) is 14.5 Å². The van der Waals surface area contributed by atoms with Gasteiger partial charge in [-0.3, -0.25) is 4.79 Å². The van der Waals surface area contributed by atoms with Crippen molar-refractivity contribution in [1.29, 1.82) is 0 Å². The van der Waals surface area contributed by atoms with E-state index in [0.717, 1.165) is 49.4 Å². The lowest BCUT2D eigenvalue weighted by molar-refractivity contribution is -0.121. The Labute approximate surface area is 164 Å². The van der Waals surface area contributed by atoms with E-state index < -0.39 is 10.0 Å². The molecule has 1 fully saturated rings. The van der Waals surface area contributed by atoms with E-state index in [9.17, 15) is 13.2 Å². The predicted octanol–water partition coefficient (Wildman–Crippen LogP) is 1.99. The summed E-state index contributed by atoms with van der Waals surface area (Å²) >= 11 is 0. The highest BCUT2D eigenvalue weighted by atomic mass is 32.2. The minimum atomic E-state index is -3.46. The van der Waals surface area contributed by atoms with Crippen molar-refractivity contribution in [3.63, 3.8) is 0 Å². The molecule has 1 heterocycles. The molecule has 2 rings (SSSR count). The summed E-state index contributed by atoms with van der Waals surface area (Å²) in [6.07, 6.45) is 4.52. The topological polar surface area (TPSA) is 69.7 Å². The van der Waals surface area contributed by atoms with Gasteiger partial charge in [-0.2, -0.15) is 4.31 Å². The van der Waals surface area contributed by atoms with E-state index in [-0.39, 0.29) is 19.0 Å². The van der Waals surface area contributed by atoms with E-state index in [0.29, 0.717) is 6.54 Å². The average molecular weight is 396 g/mol. The van der Waals surface area contributed by atoms with Crippen molar-refractivity contribution in [3.8, 4) is 0 Å². The molecule has 1 aromatic carbocycles. The minimum absolute atomic E-state index is 0.145. The van der Waals surface area contributed by atoms with Gasteiger partial charge in [-0.1, -0.05) is 36.8 Å². The molecular formula is C20H33N3O3S. The van der Waals surface area contributed by atoms with Crippen LogP contribution in [-0.2, 0) is 21.4 Å². The molecular weight excluding hydrogens is 362 g/mol. The van der Waals surface area contributed by atoms with Crippen molar-refractivity contribution in [2.75, 3.05) is 39.0 Å². The molecule has 6 nitrogen and oxygen atoms in total. The largest absolute Gasteiger partial charge is 0.355 e. The Morgan fingerprint density at radius 3 is 2.44 bits per heavy atom. The lowest BCUT2D eigenvalue weighted by atomic mass is 9.99.